The van der Waals surface area contributed by atoms with E-state index in [2.05, 4.69) is 28.3 Å². The highest BCUT2D eigenvalue weighted by molar-refractivity contribution is 5.92. The Morgan fingerprint density at radius 3 is 2.57 bits per heavy atom. The molecule has 6 nitrogen and oxygen atoms in total. The molecule has 148 valence electrons. The highest BCUT2D eigenvalue weighted by Gasteiger charge is 2.14. The molecule has 28 heavy (non-hydrogen) atoms. The molecule has 0 fully saturated rings. The monoisotopic (exact) mass is 381 g/mol. The second-order valence-electron chi connectivity index (χ2n) is 6.67. The van der Waals surface area contributed by atoms with Gasteiger partial charge >= 0.3 is 5.97 Å². The third-order valence-electron chi connectivity index (χ3n) is 4.94. The zero-order valence-electron chi connectivity index (χ0n) is 16.5. The van der Waals surface area contributed by atoms with Crippen LogP contribution in [0.25, 0.3) is 11.0 Å². The molecule has 3 rings (SSSR count). The molecule has 2 aromatic carbocycles. The van der Waals surface area contributed by atoms with E-state index in [1.807, 2.05) is 36.4 Å². The van der Waals surface area contributed by atoms with Crippen LogP contribution >= 0.6 is 0 Å². The van der Waals surface area contributed by atoms with Crippen molar-refractivity contribution < 1.29 is 14.6 Å². The lowest BCUT2D eigenvalue weighted by atomic mass is 10.2. The number of aromatic nitrogens is 2. The number of aromatic carboxylic acids is 1. The molecule has 1 heterocycles. The summed E-state index contributed by atoms with van der Waals surface area (Å²) in [6, 6.07) is 14.7. The van der Waals surface area contributed by atoms with Crippen LogP contribution in [0.5, 0.6) is 5.75 Å². The lowest BCUT2D eigenvalue weighted by Crippen LogP contribution is -2.25. The average Bonchev–Trinajstić information content (AvgIpc) is 3.07. The average molecular weight is 381 g/mol. The number of carboxylic acid groups (broad SMARTS) is 1. The molecule has 1 N–H and O–H groups in total. The molecule has 0 aliphatic heterocycles. The van der Waals surface area contributed by atoms with E-state index in [1.54, 1.807) is 12.1 Å². The van der Waals surface area contributed by atoms with Gasteiger partial charge in [0.05, 0.1) is 16.6 Å². The lowest BCUT2D eigenvalue weighted by Gasteiger charge is -2.18. The Labute approximate surface area is 165 Å². The largest absolute Gasteiger partial charge is 0.486 e. The van der Waals surface area contributed by atoms with Crippen molar-refractivity contribution in [2.75, 3.05) is 19.6 Å². The molecule has 0 saturated heterocycles. The smallest absolute Gasteiger partial charge is 0.335 e. The van der Waals surface area contributed by atoms with Gasteiger partial charge in [-0.15, -0.1) is 0 Å². The van der Waals surface area contributed by atoms with Gasteiger partial charge in [0.1, 0.15) is 18.2 Å². The number of nitrogens with zero attached hydrogens (tertiary/aromatic N) is 3. The van der Waals surface area contributed by atoms with Crippen molar-refractivity contribution >= 4 is 17.0 Å². The summed E-state index contributed by atoms with van der Waals surface area (Å²) < 4.78 is 8.05. The summed E-state index contributed by atoms with van der Waals surface area (Å²) in [5.41, 5.74) is 1.88. The number of carboxylic acids is 1. The number of aryl methyl sites for hydroxylation is 1. The molecule has 0 aliphatic carbocycles. The van der Waals surface area contributed by atoms with Gasteiger partial charge in [-0.1, -0.05) is 32.0 Å². The number of fused-ring (bicyclic) bond motifs is 1. The normalized spacial score (nSPS) is 11.2. The Hall–Kier alpha value is -2.86. The molecular formula is C22H27N3O3. The van der Waals surface area contributed by atoms with E-state index in [1.165, 1.54) is 0 Å². The first-order chi connectivity index (χ1) is 13.6. The van der Waals surface area contributed by atoms with E-state index in [4.69, 9.17) is 4.74 Å². The number of carbonyl (C=O) groups is 1. The standard InChI is InChI=1S/C22H27N3O3/c1-3-24(4-2)13-8-14-25-20-12-11-17(22(26)27)15-19(20)23-21(25)16-28-18-9-6-5-7-10-18/h5-7,9-12,15H,3-4,8,13-14,16H2,1-2H3,(H,26,27). The van der Waals surface area contributed by atoms with E-state index >= 15 is 0 Å². The van der Waals surface area contributed by atoms with Crippen molar-refractivity contribution in [3.05, 3.63) is 59.9 Å². The van der Waals surface area contributed by atoms with E-state index in [0.29, 0.717) is 12.1 Å². The van der Waals surface area contributed by atoms with Crippen molar-refractivity contribution in [3.8, 4) is 5.75 Å². The number of imidazole rings is 1. The number of ether oxygens (including phenoxy) is 1. The van der Waals surface area contributed by atoms with Gasteiger partial charge in [-0.3, -0.25) is 0 Å². The van der Waals surface area contributed by atoms with Crippen molar-refractivity contribution in [1.29, 1.82) is 0 Å². The fourth-order valence-electron chi connectivity index (χ4n) is 3.33. The van der Waals surface area contributed by atoms with Crippen molar-refractivity contribution in [2.45, 2.75) is 33.4 Å². The van der Waals surface area contributed by atoms with Gasteiger partial charge < -0.3 is 19.3 Å². The van der Waals surface area contributed by atoms with Gasteiger partial charge in [0.25, 0.3) is 0 Å². The zero-order chi connectivity index (χ0) is 19.9. The third kappa shape index (κ3) is 4.70. The van der Waals surface area contributed by atoms with Gasteiger partial charge in [-0.05, 0) is 56.4 Å². The van der Waals surface area contributed by atoms with Gasteiger partial charge in [0.2, 0.25) is 0 Å². The quantitative estimate of drug-likeness (QED) is 0.574. The van der Waals surface area contributed by atoms with Crippen LogP contribution in [0.3, 0.4) is 0 Å². The molecule has 0 radical (unpaired) electrons. The molecule has 1 aromatic heterocycles. The zero-order valence-corrected chi connectivity index (χ0v) is 16.5. The summed E-state index contributed by atoms with van der Waals surface area (Å²) in [7, 11) is 0. The first-order valence-electron chi connectivity index (χ1n) is 9.75. The van der Waals surface area contributed by atoms with E-state index in [9.17, 15) is 9.90 Å². The molecule has 0 aliphatic rings. The van der Waals surface area contributed by atoms with Gasteiger partial charge in [0.15, 0.2) is 0 Å². The maximum atomic E-state index is 11.3. The van der Waals surface area contributed by atoms with Gasteiger partial charge in [-0.2, -0.15) is 0 Å². The Kier molecular flexibility index (Phi) is 6.66. The summed E-state index contributed by atoms with van der Waals surface area (Å²) in [5, 5.41) is 9.26. The molecule has 0 unspecified atom stereocenters. The highest BCUT2D eigenvalue weighted by atomic mass is 16.5. The molecule has 0 spiro atoms. The van der Waals surface area contributed by atoms with Crippen molar-refractivity contribution in [3.63, 3.8) is 0 Å². The fraction of sp³-hybridized carbons (Fsp3) is 0.364. The fourth-order valence-corrected chi connectivity index (χ4v) is 3.33. The lowest BCUT2D eigenvalue weighted by molar-refractivity contribution is 0.0697. The van der Waals surface area contributed by atoms with Crippen LogP contribution in [0.15, 0.2) is 48.5 Å². The molecular weight excluding hydrogens is 354 g/mol. The van der Waals surface area contributed by atoms with Crippen LogP contribution in [0.1, 0.15) is 36.5 Å². The Morgan fingerprint density at radius 1 is 1.14 bits per heavy atom. The minimum atomic E-state index is -0.944. The van der Waals surface area contributed by atoms with Crippen LogP contribution in [0.4, 0.5) is 0 Å². The van der Waals surface area contributed by atoms with E-state index < -0.39 is 5.97 Å². The predicted molar refractivity (Wildman–Crippen MR) is 110 cm³/mol. The number of rotatable bonds is 10. The molecule has 0 bridgehead atoms. The minimum absolute atomic E-state index is 0.246. The summed E-state index contributed by atoms with van der Waals surface area (Å²) in [6.45, 7) is 8.57. The van der Waals surface area contributed by atoms with Crippen LogP contribution < -0.4 is 4.74 Å². The van der Waals surface area contributed by atoms with Gasteiger partial charge in [-0.25, -0.2) is 9.78 Å². The summed E-state index contributed by atoms with van der Waals surface area (Å²) in [5.74, 6) is 0.650. The van der Waals surface area contributed by atoms with Crippen LogP contribution in [-0.4, -0.2) is 45.2 Å². The second kappa shape index (κ2) is 9.37. The number of benzene rings is 2. The van der Waals surface area contributed by atoms with E-state index in [0.717, 1.165) is 49.7 Å². The number of para-hydroxylation sites is 1. The molecule has 6 heteroatoms. The van der Waals surface area contributed by atoms with Crippen LogP contribution in [0.2, 0.25) is 0 Å². The molecule has 3 aromatic rings. The first kappa shape index (κ1) is 19.9. The van der Waals surface area contributed by atoms with Crippen LogP contribution in [-0.2, 0) is 13.2 Å². The molecule has 0 atom stereocenters. The van der Waals surface area contributed by atoms with Crippen LogP contribution in [0, 0.1) is 0 Å². The Balaban J connectivity index is 1.84. The SMILES string of the molecule is CCN(CC)CCCn1c(COc2ccccc2)nc2cc(C(=O)O)ccc21. The van der Waals surface area contributed by atoms with E-state index in [-0.39, 0.29) is 5.56 Å². The third-order valence-corrected chi connectivity index (χ3v) is 4.94. The number of hydrogen-bond acceptors (Lipinski definition) is 4. The second-order valence-corrected chi connectivity index (χ2v) is 6.67. The maximum Gasteiger partial charge on any atom is 0.335 e. The highest BCUT2D eigenvalue weighted by Crippen LogP contribution is 2.20. The Morgan fingerprint density at radius 2 is 1.89 bits per heavy atom. The van der Waals surface area contributed by atoms with Crippen molar-refractivity contribution in [2.24, 2.45) is 0 Å². The molecule has 0 amide bonds. The minimum Gasteiger partial charge on any atom is -0.486 e. The summed E-state index contributed by atoms with van der Waals surface area (Å²) in [6.07, 6.45) is 0.992. The first-order valence-corrected chi connectivity index (χ1v) is 9.75. The topological polar surface area (TPSA) is 67.6 Å². The summed E-state index contributed by atoms with van der Waals surface area (Å²) >= 11 is 0. The molecule has 0 saturated carbocycles. The summed E-state index contributed by atoms with van der Waals surface area (Å²) in [4.78, 5) is 18.4. The van der Waals surface area contributed by atoms with Gasteiger partial charge in [0, 0.05) is 6.54 Å². The Bertz CT molecular complexity index is 917. The maximum absolute atomic E-state index is 11.3. The number of hydrogen-bond donors (Lipinski definition) is 1. The van der Waals surface area contributed by atoms with Crippen molar-refractivity contribution in [1.82, 2.24) is 14.5 Å². The predicted octanol–water partition coefficient (Wildman–Crippen LogP) is 4.05.